The Hall–Kier alpha value is -3.14. The van der Waals surface area contributed by atoms with Crippen LogP contribution in [-0.4, -0.2) is 17.0 Å². The van der Waals surface area contributed by atoms with Crippen LogP contribution in [0.15, 0.2) is 85.1 Å². The van der Waals surface area contributed by atoms with Crippen LogP contribution in [0, 0.1) is 0 Å². The molecule has 1 amide bonds. The monoisotopic (exact) mass is 346 g/mol. The molecule has 4 nitrogen and oxygen atoms in total. The molecule has 3 rings (SSSR count). The molecular weight excluding hydrogens is 324 g/mol. The van der Waals surface area contributed by atoms with Crippen molar-refractivity contribution in [1.82, 2.24) is 4.98 Å². The average Bonchev–Trinajstić information content (AvgIpc) is 2.72. The Morgan fingerprint density at radius 3 is 2.23 bits per heavy atom. The van der Waals surface area contributed by atoms with E-state index in [0.717, 1.165) is 5.56 Å². The molecule has 0 saturated carbocycles. The van der Waals surface area contributed by atoms with Gasteiger partial charge in [0, 0.05) is 6.20 Å². The fourth-order valence-electron chi connectivity index (χ4n) is 2.70. The summed E-state index contributed by atoms with van der Waals surface area (Å²) in [5.74, 6) is 1.21. The second-order valence-electron chi connectivity index (χ2n) is 5.93. The third-order valence-electron chi connectivity index (χ3n) is 4.04. The molecule has 0 bridgehead atoms. The number of anilines is 1. The lowest BCUT2D eigenvalue weighted by atomic mass is 10.1. The van der Waals surface area contributed by atoms with E-state index in [1.54, 1.807) is 11.1 Å². The van der Waals surface area contributed by atoms with Crippen molar-refractivity contribution in [3.05, 3.63) is 90.6 Å². The number of carbonyl (C=O) groups is 1. The Morgan fingerprint density at radius 1 is 0.962 bits per heavy atom. The summed E-state index contributed by atoms with van der Waals surface area (Å²) in [6.45, 7) is 2.40. The number of aromatic nitrogens is 1. The van der Waals surface area contributed by atoms with Gasteiger partial charge in [0.1, 0.15) is 11.6 Å². The molecule has 0 unspecified atom stereocenters. The predicted molar refractivity (Wildman–Crippen MR) is 103 cm³/mol. The zero-order valence-electron chi connectivity index (χ0n) is 14.8. The van der Waals surface area contributed by atoms with Crippen molar-refractivity contribution in [3.63, 3.8) is 0 Å². The molecule has 0 aliphatic carbocycles. The molecule has 4 heteroatoms. The number of carbonyl (C=O) groups excluding carboxylic acids is 1. The van der Waals surface area contributed by atoms with Crippen LogP contribution in [0.1, 0.15) is 18.9 Å². The van der Waals surface area contributed by atoms with Crippen LogP contribution in [0.3, 0.4) is 0 Å². The van der Waals surface area contributed by atoms with Crippen LogP contribution >= 0.6 is 0 Å². The van der Waals surface area contributed by atoms with E-state index < -0.39 is 6.10 Å². The second-order valence-corrected chi connectivity index (χ2v) is 5.93. The van der Waals surface area contributed by atoms with Crippen molar-refractivity contribution in [2.24, 2.45) is 0 Å². The van der Waals surface area contributed by atoms with E-state index in [4.69, 9.17) is 4.74 Å². The minimum absolute atomic E-state index is 0.0982. The summed E-state index contributed by atoms with van der Waals surface area (Å²) in [4.78, 5) is 19.3. The quantitative estimate of drug-likeness (QED) is 0.634. The number of para-hydroxylation sites is 1. The Balaban J connectivity index is 1.85. The first-order valence-electron chi connectivity index (χ1n) is 8.76. The predicted octanol–water partition coefficient (Wildman–Crippen LogP) is 4.47. The number of benzene rings is 2. The molecule has 0 N–H and O–H groups in total. The standard InChI is InChI=1S/C22H22N2O2/c1-2-20(26-19-13-7-4-8-14-19)22(25)24(21-15-9-10-16-23-21)17-18-11-5-3-6-12-18/h3-16,20H,2,17H2,1H3/t20-/m1/s1. The third-order valence-corrected chi connectivity index (χ3v) is 4.04. The van der Waals surface area contributed by atoms with Crippen molar-refractivity contribution in [2.75, 3.05) is 4.90 Å². The normalized spacial score (nSPS) is 11.6. The van der Waals surface area contributed by atoms with Crippen molar-refractivity contribution in [2.45, 2.75) is 26.0 Å². The van der Waals surface area contributed by atoms with E-state index in [1.165, 1.54) is 0 Å². The summed E-state index contributed by atoms with van der Waals surface area (Å²) in [5, 5.41) is 0. The summed E-state index contributed by atoms with van der Waals surface area (Å²) in [6, 6.07) is 24.9. The van der Waals surface area contributed by atoms with Gasteiger partial charge < -0.3 is 4.74 Å². The van der Waals surface area contributed by atoms with Gasteiger partial charge in [-0.1, -0.05) is 61.5 Å². The van der Waals surface area contributed by atoms with Gasteiger partial charge >= 0.3 is 0 Å². The van der Waals surface area contributed by atoms with Crippen LogP contribution in [0.5, 0.6) is 5.75 Å². The van der Waals surface area contributed by atoms with E-state index in [1.807, 2.05) is 85.8 Å². The molecule has 0 spiro atoms. The van der Waals surface area contributed by atoms with Crippen molar-refractivity contribution in [3.8, 4) is 5.75 Å². The van der Waals surface area contributed by atoms with Crippen LogP contribution in [0.4, 0.5) is 5.82 Å². The van der Waals surface area contributed by atoms with Crippen molar-refractivity contribution < 1.29 is 9.53 Å². The fraction of sp³-hybridized carbons (Fsp3) is 0.182. The number of nitrogens with zero attached hydrogens (tertiary/aromatic N) is 2. The van der Waals surface area contributed by atoms with Crippen molar-refractivity contribution >= 4 is 11.7 Å². The SMILES string of the molecule is CC[C@@H](Oc1ccccc1)C(=O)N(Cc1ccccc1)c1ccccn1. The maximum atomic E-state index is 13.2. The molecule has 3 aromatic rings. The topological polar surface area (TPSA) is 42.4 Å². The number of hydrogen-bond acceptors (Lipinski definition) is 3. The lowest BCUT2D eigenvalue weighted by Gasteiger charge is -2.26. The second kappa shape index (κ2) is 8.81. The number of hydrogen-bond donors (Lipinski definition) is 0. The van der Waals surface area contributed by atoms with Gasteiger partial charge in [-0.15, -0.1) is 0 Å². The molecule has 0 radical (unpaired) electrons. The lowest BCUT2D eigenvalue weighted by Crippen LogP contribution is -2.42. The molecule has 132 valence electrons. The summed E-state index contributed by atoms with van der Waals surface area (Å²) in [7, 11) is 0. The van der Waals surface area contributed by atoms with E-state index >= 15 is 0 Å². The van der Waals surface area contributed by atoms with Gasteiger partial charge in [-0.2, -0.15) is 0 Å². The molecule has 0 aliphatic heterocycles. The van der Waals surface area contributed by atoms with Crippen LogP contribution in [-0.2, 0) is 11.3 Å². The highest BCUT2D eigenvalue weighted by molar-refractivity contribution is 5.95. The Kier molecular flexibility index (Phi) is 5.99. The van der Waals surface area contributed by atoms with Crippen LogP contribution < -0.4 is 9.64 Å². The Morgan fingerprint density at radius 2 is 1.62 bits per heavy atom. The molecule has 1 heterocycles. The highest BCUT2D eigenvalue weighted by atomic mass is 16.5. The highest BCUT2D eigenvalue weighted by Crippen LogP contribution is 2.19. The van der Waals surface area contributed by atoms with Gasteiger partial charge in [0.05, 0.1) is 6.54 Å². The molecular formula is C22H22N2O2. The minimum atomic E-state index is -0.567. The van der Waals surface area contributed by atoms with Gasteiger partial charge in [0.25, 0.3) is 5.91 Å². The molecule has 2 aromatic carbocycles. The summed E-state index contributed by atoms with van der Waals surface area (Å²) in [6.07, 6.45) is 1.70. The summed E-state index contributed by atoms with van der Waals surface area (Å²) < 4.78 is 5.95. The first-order valence-corrected chi connectivity index (χ1v) is 8.76. The van der Waals surface area contributed by atoms with Gasteiger partial charge in [0.15, 0.2) is 6.10 Å². The first kappa shape index (κ1) is 17.7. The Bertz CT molecular complexity index is 807. The molecule has 26 heavy (non-hydrogen) atoms. The first-order chi connectivity index (χ1) is 12.8. The maximum absolute atomic E-state index is 13.2. The number of amides is 1. The molecule has 1 atom stereocenters. The van der Waals surface area contributed by atoms with Gasteiger partial charge in [-0.3, -0.25) is 9.69 Å². The highest BCUT2D eigenvalue weighted by Gasteiger charge is 2.26. The van der Waals surface area contributed by atoms with E-state index in [9.17, 15) is 4.79 Å². The minimum Gasteiger partial charge on any atom is -0.481 e. The molecule has 0 saturated heterocycles. The van der Waals surface area contributed by atoms with E-state index in [-0.39, 0.29) is 5.91 Å². The van der Waals surface area contributed by atoms with Gasteiger partial charge in [-0.25, -0.2) is 4.98 Å². The molecule has 1 aromatic heterocycles. The third kappa shape index (κ3) is 4.48. The summed E-state index contributed by atoms with van der Waals surface area (Å²) >= 11 is 0. The van der Waals surface area contributed by atoms with Gasteiger partial charge in [-0.05, 0) is 36.2 Å². The Labute approximate surface area is 154 Å². The smallest absolute Gasteiger partial charge is 0.269 e. The molecule has 0 aliphatic rings. The molecule has 0 fully saturated rings. The lowest BCUT2D eigenvalue weighted by molar-refractivity contribution is -0.125. The summed E-state index contributed by atoms with van der Waals surface area (Å²) in [5.41, 5.74) is 1.04. The zero-order valence-corrected chi connectivity index (χ0v) is 14.8. The average molecular weight is 346 g/mol. The fourth-order valence-corrected chi connectivity index (χ4v) is 2.70. The largest absolute Gasteiger partial charge is 0.481 e. The van der Waals surface area contributed by atoms with E-state index in [2.05, 4.69) is 4.98 Å². The van der Waals surface area contributed by atoms with Crippen LogP contribution in [0.2, 0.25) is 0 Å². The van der Waals surface area contributed by atoms with E-state index in [0.29, 0.717) is 24.5 Å². The zero-order chi connectivity index (χ0) is 18.2. The van der Waals surface area contributed by atoms with Crippen LogP contribution in [0.25, 0.3) is 0 Å². The van der Waals surface area contributed by atoms with Crippen molar-refractivity contribution in [1.29, 1.82) is 0 Å². The number of ether oxygens (including phenoxy) is 1. The number of pyridine rings is 1. The maximum Gasteiger partial charge on any atom is 0.269 e. The number of rotatable bonds is 7. The van der Waals surface area contributed by atoms with Gasteiger partial charge in [0.2, 0.25) is 0 Å².